The van der Waals surface area contributed by atoms with E-state index in [1.165, 1.54) is 22.6 Å². The van der Waals surface area contributed by atoms with Gasteiger partial charge in [-0.2, -0.15) is 4.31 Å². The summed E-state index contributed by atoms with van der Waals surface area (Å²) in [5, 5.41) is 6.47. The molecular weight excluding hydrogens is 442 g/mol. The lowest BCUT2D eigenvalue weighted by molar-refractivity contribution is -0.120. The Labute approximate surface area is 176 Å². The molecule has 0 aromatic carbocycles. The van der Waals surface area contributed by atoms with Gasteiger partial charge in [0, 0.05) is 36.7 Å². The molecule has 0 atom stereocenters. The van der Waals surface area contributed by atoms with Crippen LogP contribution in [0.3, 0.4) is 0 Å². The van der Waals surface area contributed by atoms with Crippen molar-refractivity contribution in [1.29, 1.82) is 0 Å². The van der Waals surface area contributed by atoms with Gasteiger partial charge in [-0.1, -0.05) is 16.1 Å². The number of aromatic nitrogens is 3. The van der Waals surface area contributed by atoms with E-state index >= 15 is 0 Å². The number of carbonyl (C=O) groups excluding carboxylic acids is 2. The van der Waals surface area contributed by atoms with Crippen LogP contribution in [-0.2, 0) is 19.6 Å². The second-order valence-corrected chi connectivity index (χ2v) is 9.15. The largest absolute Gasteiger partial charge is 0.461 e. The van der Waals surface area contributed by atoms with Crippen LogP contribution < -0.4 is 5.32 Å². The van der Waals surface area contributed by atoms with Crippen LogP contribution in [0.2, 0.25) is 5.15 Å². The molecule has 0 radical (unpaired) electrons. The summed E-state index contributed by atoms with van der Waals surface area (Å²) in [6.07, 6.45) is 2.06. The van der Waals surface area contributed by atoms with Crippen molar-refractivity contribution in [3.8, 4) is 0 Å². The standard InChI is InChI=1S/C16H18ClN5O5S2/c1-2-27-16(24)12-15(28-21-20-12)19-14(23)10-5-8-22(9-6-10)29(25,26)11-4-3-7-18-13(11)17/h3-4,7,10H,2,5-6,8-9H2,1H3,(H,19,23). The molecule has 0 aliphatic carbocycles. The minimum Gasteiger partial charge on any atom is -0.461 e. The number of anilines is 1. The molecule has 1 N–H and O–H groups in total. The van der Waals surface area contributed by atoms with Crippen LogP contribution in [0.15, 0.2) is 23.2 Å². The van der Waals surface area contributed by atoms with E-state index in [0.29, 0.717) is 12.8 Å². The van der Waals surface area contributed by atoms with E-state index in [1.807, 2.05) is 0 Å². The number of hydrogen-bond donors (Lipinski definition) is 1. The summed E-state index contributed by atoms with van der Waals surface area (Å²) < 4.78 is 35.4. The Morgan fingerprint density at radius 3 is 2.76 bits per heavy atom. The number of sulfonamides is 1. The Morgan fingerprint density at radius 1 is 1.38 bits per heavy atom. The lowest BCUT2D eigenvalue weighted by Crippen LogP contribution is -2.41. The Balaban J connectivity index is 1.63. The number of ether oxygens (including phenoxy) is 1. The second-order valence-electron chi connectivity index (χ2n) is 6.13. The molecule has 1 aliphatic heterocycles. The fourth-order valence-corrected chi connectivity index (χ4v) is 5.34. The third-order valence-electron chi connectivity index (χ3n) is 4.36. The molecule has 0 saturated carbocycles. The van der Waals surface area contributed by atoms with Gasteiger partial charge < -0.3 is 10.1 Å². The van der Waals surface area contributed by atoms with Crippen LogP contribution in [0.1, 0.15) is 30.3 Å². The second kappa shape index (κ2) is 9.11. The lowest BCUT2D eigenvalue weighted by atomic mass is 9.97. The summed E-state index contributed by atoms with van der Waals surface area (Å²) in [7, 11) is -3.79. The monoisotopic (exact) mass is 459 g/mol. The van der Waals surface area contributed by atoms with Crippen molar-refractivity contribution in [2.75, 3.05) is 25.0 Å². The molecule has 2 aromatic heterocycles. The number of piperidine rings is 1. The number of carbonyl (C=O) groups is 2. The Bertz CT molecular complexity index is 1000. The number of amides is 1. The highest BCUT2D eigenvalue weighted by Crippen LogP contribution is 2.28. The molecular formula is C16H18ClN5O5S2. The molecule has 0 unspecified atom stereocenters. The van der Waals surface area contributed by atoms with Crippen LogP contribution in [0, 0.1) is 5.92 Å². The summed E-state index contributed by atoms with van der Waals surface area (Å²) >= 11 is 6.80. The maximum Gasteiger partial charge on any atom is 0.362 e. The number of pyridine rings is 1. The van der Waals surface area contributed by atoms with Gasteiger partial charge in [-0.15, -0.1) is 5.10 Å². The average Bonchev–Trinajstić information content (AvgIpc) is 3.16. The zero-order valence-electron chi connectivity index (χ0n) is 15.4. The van der Waals surface area contributed by atoms with Gasteiger partial charge in [0.1, 0.15) is 10.0 Å². The van der Waals surface area contributed by atoms with E-state index in [-0.39, 0.29) is 46.3 Å². The van der Waals surface area contributed by atoms with Gasteiger partial charge in [-0.3, -0.25) is 4.79 Å². The zero-order chi connectivity index (χ0) is 21.0. The Kier molecular flexibility index (Phi) is 6.77. The first kappa shape index (κ1) is 21.6. The fourth-order valence-electron chi connectivity index (χ4n) is 2.88. The van der Waals surface area contributed by atoms with Crippen molar-refractivity contribution >= 4 is 50.0 Å². The highest BCUT2D eigenvalue weighted by atomic mass is 35.5. The minimum absolute atomic E-state index is 0.0450. The summed E-state index contributed by atoms with van der Waals surface area (Å²) in [5.74, 6) is -1.40. The van der Waals surface area contributed by atoms with Gasteiger partial charge in [-0.25, -0.2) is 18.2 Å². The molecule has 3 rings (SSSR count). The number of nitrogens with one attached hydrogen (secondary N) is 1. The van der Waals surface area contributed by atoms with Gasteiger partial charge in [-0.05, 0) is 31.9 Å². The SMILES string of the molecule is CCOC(=O)c1nnsc1NC(=O)C1CCN(S(=O)(=O)c2cccnc2Cl)CC1. The van der Waals surface area contributed by atoms with Crippen molar-refractivity contribution in [3.63, 3.8) is 0 Å². The first-order valence-corrected chi connectivity index (χ1v) is 11.3. The third-order valence-corrected chi connectivity index (χ3v) is 7.35. The Hall–Kier alpha value is -2.15. The number of hydrogen-bond acceptors (Lipinski definition) is 9. The van der Waals surface area contributed by atoms with E-state index in [2.05, 4.69) is 19.9 Å². The van der Waals surface area contributed by atoms with Gasteiger partial charge in [0.05, 0.1) is 6.61 Å². The van der Waals surface area contributed by atoms with Crippen molar-refractivity contribution in [2.24, 2.45) is 5.92 Å². The fraction of sp³-hybridized carbons (Fsp3) is 0.438. The minimum atomic E-state index is -3.79. The van der Waals surface area contributed by atoms with Crippen molar-refractivity contribution < 1.29 is 22.7 Å². The van der Waals surface area contributed by atoms with E-state index in [4.69, 9.17) is 16.3 Å². The molecule has 1 amide bonds. The number of halogens is 1. The first-order valence-electron chi connectivity index (χ1n) is 8.75. The molecule has 0 bridgehead atoms. The van der Waals surface area contributed by atoms with Crippen LogP contribution >= 0.6 is 23.1 Å². The predicted molar refractivity (Wildman–Crippen MR) is 105 cm³/mol. The maximum atomic E-state index is 12.8. The average molecular weight is 460 g/mol. The number of nitrogens with zero attached hydrogens (tertiary/aromatic N) is 4. The Morgan fingerprint density at radius 2 is 2.10 bits per heavy atom. The number of esters is 1. The van der Waals surface area contributed by atoms with Crippen LogP contribution in [0.4, 0.5) is 5.00 Å². The van der Waals surface area contributed by atoms with Crippen molar-refractivity contribution in [1.82, 2.24) is 18.9 Å². The molecule has 10 nitrogen and oxygen atoms in total. The first-order chi connectivity index (χ1) is 13.8. The van der Waals surface area contributed by atoms with E-state index in [1.54, 1.807) is 6.92 Å². The van der Waals surface area contributed by atoms with Gasteiger partial charge in [0.25, 0.3) is 0 Å². The topological polar surface area (TPSA) is 131 Å². The highest BCUT2D eigenvalue weighted by molar-refractivity contribution is 7.89. The zero-order valence-corrected chi connectivity index (χ0v) is 17.8. The molecule has 156 valence electrons. The third kappa shape index (κ3) is 4.71. The van der Waals surface area contributed by atoms with Crippen molar-refractivity contribution in [3.05, 3.63) is 29.2 Å². The summed E-state index contributed by atoms with van der Waals surface area (Å²) in [4.78, 5) is 28.2. The summed E-state index contributed by atoms with van der Waals surface area (Å²) in [6.45, 7) is 2.17. The number of rotatable bonds is 6. The summed E-state index contributed by atoms with van der Waals surface area (Å²) in [5.41, 5.74) is -0.0450. The van der Waals surface area contributed by atoms with Gasteiger partial charge >= 0.3 is 5.97 Å². The van der Waals surface area contributed by atoms with Gasteiger partial charge in [0.15, 0.2) is 5.00 Å². The molecule has 2 aromatic rings. The van der Waals surface area contributed by atoms with E-state index in [0.717, 1.165) is 11.5 Å². The predicted octanol–water partition coefficient (Wildman–Crippen LogP) is 1.80. The van der Waals surface area contributed by atoms with E-state index < -0.39 is 21.9 Å². The van der Waals surface area contributed by atoms with Crippen LogP contribution in [0.5, 0.6) is 0 Å². The molecule has 1 fully saturated rings. The molecule has 0 spiro atoms. The van der Waals surface area contributed by atoms with Gasteiger partial charge in [0.2, 0.25) is 21.6 Å². The van der Waals surface area contributed by atoms with E-state index in [9.17, 15) is 18.0 Å². The lowest BCUT2D eigenvalue weighted by Gasteiger charge is -2.30. The van der Waals surface area contributed by atoms with Crippen LogP contribution in [0.25, 0.3) is 0 Å². The van der Waals surface area contributed by atoms with Crippen molar-refractivity contribution in [2.45, 2.75) is 24.7 Å². The smallest absolute Gasteiger partial charge is 0.362 e. The molecule has 29 heavy (non-hydrogen) atoms. The normalized spacial score (nSPS) is 15.8. The molecule has 3 heterocycles. The maximum absolute atomic E-state index is 12.8. The quantitative estimate of drug-likeness (QED) is 0.511. The molecule has 13 heteroatoms. The molecule has 1 saturated heterocycles. The summed E-state index contributed by atoms with van der Waals surface area (Å²) in [6, 6.07) is 2.90. The van der Waals surface area contributed by atoms with Crippen LogP contribution in [-0.4, -0.2) is 58.9 Å². The molecule has 1 aliphatic rings. The highest BCUT2D eigenvalue weighted by Gasteiger charge is 2.34.